The standard InChI is InChI=1S/C26H37N3O5/c1-6-25(3,4)20-12-14-26(15-13-20)23(32)29(24(33)27-26)17-21(30)34-18(2)22(31)28(5)16-19-10-8-7-9-11-19/h7-11,18,20H,6,12-17H2,1-5H3,(H,27,33). The van der Waals surface area contributed by atoms with E-state index in [2.05, 4.69) is 26.1 Å². The number of carbonyl (C=O) groups is 4. The molecule has 1 saturated carbocycles. The van der Waals surface area contributed by atoms with E-state index in [-0.39, 0.29) is 17.2 Å². The van der Waals surface area contributed by atoms with Gasteiger partial charge < -0.3 is 15.0 Å². The molecule has 1 atom stereocenters. The fourth-order valence-electron chi connectivity index (χ4n) is 5.00. The number of benzene rings is 1. The van der Waals surface area contributed by atoms with E-state index in [4.69, 9.17) is 4.74 Å². The van der Waals surface area contributed by atoms with E-state index in [1.165, 1.54) is 11.8 Å². The predicted molar refractivity (Wildman–Crippen MR) is 127 cm³/mol. The summed E-state index contributed by atoms with van der Waals surface area (Å²) in [6.45, 7) is 8.03. The van der Waals surface area contributed by atoms with Gasteiger partial charge in [-0.3, -0.25) is 19.3 Å². The number of carbonyl (C=O) groups excluding carboxylic acids is 4. The lowest BCUT2D eigenvalue weighted by Gasteiger charge is -2.42. The summed E-state index contributed by atoms with van der Waals surface area (Å²) >= 11 is 0. The van der Waals surface area contributed by atoms with Gasteiger partial charge in [-0.1, -0.05) is 57.5 Å². The number of likely N-dealkylation sites (N-methyl/N-ethyl adjacent to an activating group) is 1. The summed E-state index contributed by atoms with van der Waals surface area (Å²) in [5, 5.41) is 2.84. The maximum Gasteiger partial charge on any atom is 0.327 e. The molecule has 1 aromatic rings. The Morgan fingerprint density at radius 1 is 1.21 bits per heavy atom. The molecule has 8 heteroatoms. The molecule has 1 N–H and O–H groups in total. The molecule has 1 unspecified atom stereocenters. The third kappa shape index (κ3) is 5.42. The van der Waals surface area contributed by atoms with Gasteiger partial charge in [0, 0.05) is 13.6 Å². The van der Waals surface area contributed by atoms with Crippen molar-refractivity contribution in [2.45, 2.75) is 78.0 Å². The zero-order valence-electron chi connectivity index (χ0n) is 20.9. The monoisotopic (exact) mass is 471 g/mol. The predicted octanol–water partition coefficient (Wildman–Crippen LogP) is 3.49. The Morgan fingerprint density at radius 2 is 1.82 bits per heavy atom. The molecule has 1 aromatic carbocycles. The first-order valence-corrected chi connectivity index (χ1v) is 12.1. The van der Waals surface area contributed by atoms with Crippen LogP contribution in [0, 0.1) is 11.3 Å². The Morgan fingerprint density at radius 3 is 2.41 bits per heavy atom. The van der Waals surface area contributed by atoms with E-state index in [0.29, 0.717) is 25.3 Å². The van der Waals surface area contributed by atoms with Crippen molar-refractivity contribution in [3.63, 3.8) is 0 Å². The van der Waals surface area contributed by atoms with Gasteiger partial charge in [-0.25, -0.2) is 4.79 Å². The maximum absolute atomic E-state index is 13.1. The van der Waals surface area contributed by atoms with Gasteiger partial charge in [-0.05, 0) is 49.5 Å². The van der Waals surface area contributed by atoms with Gasteiger partial charge in [-0.15, -0.1) is 0 Å². The smallest absolute Gasteiger partial charge is 0.327 e. The van der Waals surface area contributed by atoms with E-state index >= 15 is 0 Å². The molecule has 0 radical (unpaired) electrons. The van der Waals surface area contributed by atoms with Crippen LogP contribution in [0.3, 0.4) is 0 Å². The molecule has 1 aliphatic heterocycles. The maximum atomic E-state index is 13.1. The quantitative estimate of drug-likeness (QED) is 0.462. The lowest BCUT2D eigenvalue weighted by molar-refractivity contribution is -0.160. The summed E-state index contributed by atoms with van der Waals surface area (Å²) in [4.78, 5) is 53.3. The SMILES string of the molecule is CCC(C)(C)C1CCC2(CC1)NC(=O)N(CC(=O)OC(C)C(=O)N(C)Cc1ccccc1)C2=O. The molecule has 3 rings (SSSR count). The normalized spacial score (nSPS) is 23.6. The Balaban J connectivity index is 1.54. The van der Waals surface area contributed by atoms with E-state index in [1.807, 2.05) is 30.3 Å². The van der Waals surface area contributed by atoms with Crippen molar-refractivity contribution in [3.05, 3.63) is 35.9 Å². The number of nitrogens with zero attached hydrogens (tertiary/aromatic N) is 2. The van der Waals surface area contributed by atoms with Gasteiger partial charge in [-0.2, -0.15) is 0 Å². The summed E-state index contributed by atoms with van der Waals surface area (Å²) in [6.07, 6.45) is 2.87. The second kappa shape index (κ2) is 10.2. The van der Waals surface area contributed by atoms with Gasteiger partial charge >= 0.3 is 12.0 Å². The molecule has 2 aliphatic rings. The van der Waals surface area contributed by atoms with Crippen LogP contribution in [-0.2, 0) is 25.7 Å². The number of hydrogen-bond acceptors (Lipinski definition) is 5. The first-order valence-electron chi connectivity index (χ1n) is 12.1. The molecule has 8 nitrogen and oxygen atoms in total. The molecule has 1 aliphatic carbocycles. The van der Waals surface area contributed by atoms with Crippen LogP contribution in [-0.4, -0.2) is 58.8 Å². The van der Waals surface area contributed by atoms with Crippen LogP contribution in [0.25, 0.3) is 0 Å². The molecule has 0 bridgehead atoms. The highest BCUT2D eigenvalue weighted by Crippen LogP contribution is 2.45. The Kier molecular flexibility index (Phi) is 7.68. The lowest BCUT2D eigenvalue weighted by Crippen LogP contribution is -2.51. The van der Waals surface area contributed by atoms with Crippen LogP contribution in [0.4, 0.5) is 4.79 Å². The van der Waals surface area contributed by atoms with Gasteiger partial charge in [0.05, 0.1) is 0 Å². The zero-order valence-corrected chi connectivity index (χ0v) is 20.9. The number of imide groups is 1. The molecule has 34 heavy (non-hydrogen) atoms. The van der Waals surface area contributed by atoms with E-state index in [1.54, 1.807) is 7.05 Å². The molecular weight excluding hydrogens is 434 g/mol. The Bertz CT molecular complexity index is 922. The van der Waals surface area contributed by atoms with Gasteiger partial charge in [0.25, 0.3) is 11.8 Å². The first-order chi connectivity index (χ1) is 16.0. The summed E-state index contributed by atoms with van der Waals surface area (Å²) in [7, 11) is 1.64. The van der Waals surface area contributed by atoms with E-state index in [0.717, 1.165) is 29.7 Å². The third-order valence-electron chi connectivity index (χ3n) is 7.68. The number of nitrogens with one attached hydrogen (secondary N) is 1. The topological polar surface area (TPSA) is 96.0 Å². The molecule has 1 saturated heterocycles. The van der Waals surface area contributed by atoms with Crippen molar-refractivity contribution in [2.75, 3.05) is 13.6 Å². The lowest BCUT2D eigenvalue weighted by atomic mass is 9.65. The highest BCUT2D eigenvalue weighted by atomic mass is 16.5. The highest BCUT2D eigenvalue weighted by molar-refractivity contribution is 6.08. The van der Waals surface area contributed by atoms with E-state index < -0.39 is 30.2 Å². The minimum atomic E-state index is -1.03. The average Bonchev–Trinajstić information content (AvgIpc) is 3.03. The van der Waals surface area contributed by atoms with Crippen molar-refractivity contribution in [1.29, 1.82) is 0 Å². The van der Waals surface area contributed by atoms with Crippen molar-refractivity contribution >= 4 is 23.8 Å². The van der Waals surface area contributed by atoms with Crippen molar-refractivity contribution in [1.82, 2.24) is 15.1 Å². The Labute approximate surface area is 202 Å². The van der Waals surface area contributed by atoms with Crippen LogP contribution in [0.5, 0.6) is 0 Å². The molecular formula is C26H37N3O5. The average molecular weight is 472 g/mol. The molecule has 0 aromatic heterocycles. The summed E-state index contributed by atoms with van der Waals surface area (Å²) < 4.78 is 5.28. The molecule has 1 spiro atoms. The van der Waals surface area contributed by atoms with Crippen LogP contribution >= 0.6 is 0 Å². The number of ether oxygens (including phenoxy) is 1. The van der Waals surface area contributed by atoms with Gasteiger partial charge in [0.15, 0.2) is 6.10 Å². The largest absolute Gasteiger partial charge is 0.451 e. The van der Waals surface area contributed by atoms with E-state index in [9.17, 15) is 19.2 Å². The fourth-order valence-corrected chi connectivity index (χ4v) is 5.00. The fraction of sp³-hybridized carbons (Fsp3) is 0.615. The number of esters is 1. The second-order valence-corrected chi connectivity index (χ2v) is 10.3. The molecule has 1 heterocycles. The second-order valence-electron chi connectivity index (χ2n) is 10.3. The number of hydrogen-bond donors (Lipinski definition) is 1. The Hall–Kier alpha value is -2.90. The number of urea groups is 1. The minimum Gasteiger partial charge on any atom is -0.451 e. The minimum absolute atomic E-state index is 0.188. The van der Waals surface area contributed by atoms with Gasteiger partial charge in [0.1, 0.15) is 12.1 Å². The van der Waals surface area contributed by atoms with Crippen LogP contribution in [0.1, 0.15) is 65.4 Å². The number of amides is 4. The molecule has 4 amide bonds. The number of rotatable bonds is 8. The highest BCUT2D eigenvalue weighted by Gasteiger charge is 2.54. The third-order valence-corrected chi connectivity index (χ3v) is 7.68. The van der Waals surface area contributed by atoms with Crippen molar-refractivity contribution < 1.29 is 23.9 Å². The first kappa shape index (κ1) is 25.7. The summed E-state index contributed by atoms with van der Waals surface area (Å²) in [5.41, 5.74) is 0.209. The molecule has 186 valence electrons. The van der Waals surface area contributed by atoms with Crippen molar-refractivity contribution in [3.8, 4) is 0 Å². The summed E-state index contributed by atoms with van der Waals surface area (Å²) in [5.74, 6) is -1.02. The van der Waals surface area contributed by atoms with Crippen LogP contribution in [0.2, 0.25) is 0 Å². The van der Waals surface area contributed by atoms with Crippen molar-refractivity contribution in [2.24, 2.45) is 11.3 Å². The van der Waals surface area contributed by atoms with Crippen LogP contribution in [0.15, 0.2) is 30.3 Å². The van der Waals surface area contributed by atoms with Crippen LogP contribution < -0.4 is 5.32 Å². The zero-order chi connectivity index (χ0) is 25.1. The summed E-state index contributed by atoms with van der Waals surface area (Å²) in [6, 6.07) is 8.91. The van der Waals surface area contributed by atoms with Gasteiger partial charge in [0.2, 0.25) is 0 Å². The molecule has 2 fully saturated rings.